The Balaban J connectivity index is 1.66. The molecule has 2 nitrogen and oxygen atoms in total. The summed E-state index contributed by atoms with van der Waals surface area (Å²) in [4.78, 5) is 12.3. The molecule has 3 atom stereocenters. The fourth-order valence-electron chi connectivity index (χ4n) is 3.10. The molecule has 0 bridgehead atoms. The topological polar surface area (TPSA) is 29.1 Å². The van der Waals surface area contributed by atoms with Crippen molar-refractivity contribution in [1.82, 2.24) is 0 Å². The number of anilines is 1. The summed E-state index contributed by atoms with van der Waals surface area (Å²) >= 11 is 11.8. The molecule has 1 amide bonds. The van der Waals surface area contributed by atoms with Crippen molar-refractivity contribution >= 4 is 34.8 Å². The number of fused-ring (bicyclic) bond motifs is 1. The van der Waals surface area contributed by atoms with Gasteiger partial charge in [-0.15, -0.1) is 0 Å². The Morgan fingerprint density at radius 3 is 2.85 bits per heavy atom. The summed E-state index contributed by atoms with van der Waals surface area (Å²) in [5.74, 6) is 1.18. The Bertz CT molecular complexity index is 555. The molecule has 3 rings (SSSR count). The van der Waals surface area contributed by atoms with Crippen LogP contribution in [0.2, 0.25) is 10.0 Å². The molecule has 2 aliphatic carbocycles. The summed E-state index contributed by atoms with van der Waals surface area (Å²) in [7, 11) is 0. The van der Waals surface area contributed by atoms with Gasteiger partial charge in [-0.25, -0.2) is 0 Å². The summed E-state index contributed by atoms with van der Waals surface area (Å²) < 4.78 is 0. The number of halogens is 2. The highest BCUT2D eigenvalue weighted by Gasteiger charge is 2.52. The molecule has 2 aliphatic rings. The second-order valence-electron chi connectivity index (χ2n) is 5.60. The van der Waals surface area contributed by atoms with Crippen LogP contribution in [-0.4, -0.2) is 5.91 Å². The Hall–Kier alpha value is -0.990. The normalized spacial score (nSPS) is 28.2. The summed E-state index contributed by atoms with van der Waals surface area (Å²) in [6.07, 6.45) is 9.22. The zero-order valence-corrected chi connectivity index (χ0v) is 12.6. The van der Waals surface area contributed by atoms with E-state index in [0.29, 0.717) is 27.6 Å². The molecule has 1 aromatic carbocycles. The van der Waals surface area contributed by atoms with Gasteiger partial charge in [0, 0.05) is 11.6 Å². The van der Waals surface area contributed by atoms with Crippen molar-refractivity contribution in [3.63, 3.8) is 0 Å². The largest absolute Gasteiger partial charge is 0.326 e. The SMILES string of the molecule is O=C(Nc1ccc(Cl)c(Cl)c1)C1C2C=CCCCCC21. The third kappa shape index (κ3) is 2.87. The van der Waals surface area contributed by atoms with Gasteiger partial charge in [-0.2, -0.15) is 0 Å². The van der Waals surface area contributed by atoms with Gasteiger partial charge in [0.05, 0.1) is 10.0 Å². The van der Waals surface area contributed by atoms with Gasteiger partial charge in [-0.1, -0.05) is 41.8 Å². The predicted molar refractivity (Wildman–Crippen MR) is 83.2 cm³/mol. The van der Waals surface area contributed by atoms with E-state index in [1.807, 2.05) is 0 Å². The molecule has 0 radical (unpaired) electrons. The Morgan fingerprint density at radius 2 is 2.05 bits per heavy atom. The van der Waals surface area contributed by atoms with E-state index in [-0.39, 0.29) is 11.8 Å². The molecule has 0 heterocycles. The number of carbonyl (C=O) groups excluding carboxylic acids is 1. The first-order valence-electron chi connectivity index (χ1n) is 7.09. The average molecular weight is 310 g/mol. The maximum absolute atomic E-state index is 12.3. The highest BCUT2D eigenvalue weighted by Crippen LogP contribution is 2.51. The van der Waals surface area contributed by atoms with Gasteiger partial charge in [0.1, 0.15) is 0 Å². The smallest absolute Gasteiger partial charge is 0.228 e. The van der Waals surface area contributed by atoms with Gasteiger partial charge < -0.3 is 5.32 Å². The minimum absolute atomic E-state index is 0.102. The number of carbonyl (C=O) groups is 1. The molecule has 0 aromatic heterocycles. The fraction of sp³-hybridized carbons (Fsp3) is 0.438. The van der Waals surface area contributed by atoms with Gasteiger partial charge in [-0.05, 0) is 49.3 Å². The second-order valence-corrected chi connectivity index (χ2v) is 6.41. The van der Waals surface area contributed by atoms with E-state index in [1.54, 1.807) is 18.2 Å². The summed E-state index contributed by atoms with van der Waals surface area (Å²) in [6, 6.07) is 5.18. The zero-order chi connectivity index (χ0) is 14.1. The zero-order valence-electron chi connectivity index (χ0n) is 11.1. The van der Waals surface area contributed by atoms with E-state index in [0.717, 1.165) is 12.8 Å². The number of benzene rings is 1. The number of nitrogens with one attached hydrogen (secondary N) is 1. The molecule has 3 unspecified atom stereocenters. The monoisotopic (exact) mass is 309 g/mol. The molecule has 1 fully saturated rings. The third-order valence-electron chi connectivity index (χ3n) is 4.24. The Kier molecular flexibility index (Phi) is 4.04. The molecular formula is C16H17Cl2NO. The molecule has 0 spiro atoms. The molecule has 4 heteroatoms. The van der Waals surface area contributed by atoms with Crippen molar-refractivity contribution in [2.45, 2.75) is 25.7 Å². The highest BCUT2D eigenvalue weighted by atomic mass is 35.5. The highest BCUT2D eigenvalue weighted by molar-refractivity contribution is 6.42. The van der Waals surface area contributed by atoms with Crippen molar-refractivity contribution in [1.29, 1.82) is 0 Å². The lowest BCUT2D eigenvalue weighted by molar-refractivity contribution is -0.117. The Labute approximate surface area is 129 Å². The van der Waals surface area contributed by atoms with Gasteiger partial charge in [0.25, 0.3) is 0 Å². The van der Waals surface area contributed by atoms with Crippen molar-refractivity contribution in [3.8, 4) is 0 Å². The lowest BCUT2D eigenvalue weighted by atomic mass is 10.1. The van der Waals surface area contributed by atoms with Crippen LogP contribution in [0.15, 0.2) is 30.4 Å². The molecule has 106 valence electrons. The summed E-state index contributed by atoms with van der Waals surface area (Å²) in [5, 5.41) is 3.92. The van der Waals surface area contributed by atoms with Crippen LogP contribution in [0.1, 0.15) is 25.7 Å². The van der Waals surface area contributed by atoms with Gasteiger partial charge in [-0.3, -0.25) is 4.79 Å². The van der Waals surface area contributed by atoms with E-state index in [4.69, 9.17) is 23.2 Å². The van der Waals surface area contributed by atoms with E-state index in [1.165, 1.54) is 12.8 Å². The first-order chi connectivity index (χ1) is 9.66. The molecule has 0 saturated heterocycles. The van der Waals surface area contributed by atoms with Crippen LogP contribution in [0.5, 0.6) is 0 Å². The van der Waals surface area contributed by atoms with E-state index >= 15 is 0 Å². The van der Waals surface area contributed by atoms with Crippen LogP contribution in [0, 0.1) is 17.8 Å². The number of hydrogen-bond acceptors (Lipinski definition) is 1. The van der Waals surface area contributed by atoms with Crippen LogP contribution in [0.4, 0.5) is 5.69 Å². The van der Waals surface area contributed by atoms with Crippen molar-refractivity contribution in [3.05, 3.63) is 40.4 Å². The van der Waals surface area contributed by atoms with E-state index < -0.39 is 0 Å². The maximum Gasteiger partial charge on any atom is 0.228 e. The third-order valence-corrected chi connectivity index (χ3v) is 4.97. The number of amides is 1. The van der Waals surface area contributed by atoms with Crippen LogP contribution < -0.4 is 5.32 Å². The predicted octanol–water partition coefficient (Wildman–Crippen LogP) is 4.92. The summed E-state index contributed by atoms with van der Waals surface area (Å²) in [5.41, 5.74) is 0.715. The first-order valence-corrected chi connectivity index (χ1v) is 7.85. The number of allylic oxidation sites excluding steroid dienone is 2. The van der Waals surface area contributed by atoms with Crippen LogP contribution in [0.3, 0.4) is 0 Å². The van der Waals surface area contributed by atoms with Crippen LogP contribution in [0.25, 0.3) is 0 Å². The lowest BCUT2D eigenvalue weighted by Crippen LogP contribution is -2.15. The summed E-state index contributed by atoms with van der Waals surface area (Å²) in [6.45, 7) is 0. The van der Waals surface area contributed by atoms with Crippen molar-refractivity contribution in [2.75, 3.05) is 5.32 Å². The molecule has 0 aliphatic heterocycles. The fourth-order valence-corrected chi connectivity index (χ4v) is 3.40. The van der Waals surface area contributed by atoms with E-state index in [9.17, 15) is 4.79 Å². The van der Waals surface area contributed by atoms with Crippen molar-refractivity contribution < 1.29 is 4.79 Å². The Morgan fingerprint density at radius 1 is 1.20 bits per heavy atom. The average Bonchev–Trinajstić information content (AvgIpc) is 3.05. The maximum atomic E-state index is 12.3. The van der Waals surface area contributed by atoms with Crippen LogP contribution >= 0.6 is 23.2 Å². The van der Waals surface area contributed by atoms with Gasteiger partial charge in [0.15, 0.2) is 0 Å². The molecule has 1 N–H and O–H groups in total. The van der Waals surface area contributed by atoms with Crippen molar-refractivity contribution in [2.24, 2.45) is 17.8 Å². The standard InChI is InChI=1S/C16H17Cl2NO/c17-13-8-7-10(9-14(13)18)19-16(20)15-11-5-3-1-2-4-6-12(11)15/h3,5,7-9,11-12,15H,1-2,4,6H2,(H,19,20). The molecule has 1 aromatic rings. The lowest BCUT2D eigenvalue weighted by Gasteiger charge is -2.06. The van der Waals surface area contributed by atoms with Gasteiger partial charge in [0.2, 0.25) is 5.91 Å². The molecular weight excluding hydrogens is 293 g/mol. The second kappa shape index (κ2) is 5.79. The van der Waals surface area contributed by atoms with E-state index in [2.05, 4.69) is 17.5 Å². The molecule has 20 heavy (non-hydrogen) atoms. The first kappa shape index (κ1) is 14.0. The number of rotatable bonds is 2. The number of hydrogen-bond donors (Lipinski definition) is 1. The minimum atomic E-state index is 0.102. The minimum Gasteiger partial charge on any atom is -0.326 e. The quantitative estimate of drug-likeness (QED) is 0.771. The van der Waals surface area contributed by atoms with Gasteiger partial charge >= 0.3 is 0 Å². The van der Waals surface area contributed by atoms with Crippen LogP contribution in [-0.2, 0) is 4.79 Å². The molecule has 1 saturated carbocycles.